The molecule has 0 radical (unpaired) electrons. The second kappa shape index (κ2) is 16.7. The van der Waals surface area contributed by atoms with Crippen LogP contribution in [0.4, 0.5) is 4.79 Å². The average molecular weight is 631 g/mol. The van der Waals surface area contributed by atoms with E-state index in [0.717, 1.165) is 22.8 Å². The van der Waals surface area contributed by atoms with Crippen LogP contribution in [-0.4, -0.2) is 49.6 Å². The van der Waals surface area contributed by atoms with Crippen LogP contribution in [0.1, 0.15) is 43.9 Å². The molecule has 0 aliphatic carbocycles. The minimum absolute atomic E-state index is 0.0639. The Morgan fingerprint density at radius 1 is 0.822 bits per heavy atom. The molecule has 0 heterocycles. The Balaban J connectivity index is 1.89. The minimum Gasteiger partial charge on any atom is -0.478 e. The van der Waals surface area contributed by atoms with Crippen molar-refractivity contribution in [2.24, 2.45) is 0 Å². The van der Waals surface area contributed by atoms with Gasteiger partial charge >= 0.3 is 12.1 Å². The van der Waals surface area contributed by atoms with Crippen LogP contribution in [0, 0.1) is 0 Å². The molecule has 0 fully saturated rings. The van der Waals surface area contributed by atoms with Gasteiger partial charge in [-0.25, -0.2) is 9.59 Å². The van der Waals surface area contributed by atoms with E-state index in [4.69, 9.17) is 9.16 Å². The van der Waals surface area contributed by atoms with Crippen LogP contribution in [0.25, 0.3) is 0 Å². The van der Waals surface area contributed by atoms with E-state index in [1.54, 1.807) is 0 Å². The first-order valence-electron chi connectivity index (χ1n) is 15.3. The highest BCUT2D eigenvalue weighted by molar-refractivity contribution is 6.74. The zero-order valence-corrected chi connectivity index (χ0v) is 27.9. The van der Waals surface area contributed by atoms with Gasteiger partial charge < -0.3 is 24.9 Å². The molecule has 9 heteroatoms. The zero-order valence-electron chi connectivity index (χ0n) is 26.9. The van der Waals surface area contributed by atoms with Gasteiger partial charge in [0.1, 0.15) is 12.6 Å². The summed E-state index contributed by atoms with van der Waals surface area (Å²) in [6.07, 6.45) is 2.51. The average Bonchev–Trinajstić information content (AvgIpc) is 3.00. The number of carbonyl (C=O) groups excluding carboxylic acids is 2. The molecule has 3 atom stereocenters. The first-order chi connectivity index (χ1) is 21.3. The van der Waals surface area contributed by atoms with Gasteiger partial charge in [0, 0.05) is 12.5 Å². The molecule has 0 aliphatic rings. The van der Waals surface area contributed by atoms with Crippen molar-refractivity contribution in [3.05, 3.63) is 120 Å². The first kappa shape index (κ1) is 35.3. The summed E-state index contributed by atoms with van der Waals surface area (Å²) >= 11 is 0. The minimum atomic E-state index is -2.40. The maximum atomic E-state index is 14.0. The molecule has 0 saturated carbocycles. The Kier molecular flexibility index (Phi) is 13.1. The van der Waals surface area contributed by atoms with Gasteiger partial charge in [-0.15, -0.1) is 0 Å². The number of aryl methyl sites for hydroxylation is 1. The molecule has 0 saturated heterocycles. The van der Waals surface area contributed by atoms with Crippen LogP contribution < -0.4 is 10.6 Å². The van der Waals surface area contributed by atoms with Crippen molar-refractivity contribution < 1.29 is 28.7 Å². The van der Waals surface area contributed by atoms with Gasteiger partial charge in [0.2, 0.25) is 5.91 Å². The van der Waals surface area contributed by atoms with E-state index < -0.39 is 44.5 Å². The number of hydrogen-bond donors (Lipinski definition) is 3. The van der Waals surface area contributed by atoms with E-state index in [1.165, 1.54) is 6.08 Å². The highest BCUT2D eigenvalue weighted by Gasteiger charge is 2.41. The van der Waals surface area contributed by atoms with Crippen molar-refractivity contribution in [2.75, 3.05) is 0 Å². The zero-order chi connectivity index (χ0) is 32.9. The molecule has 3 aromatic carbocycles. The molecule has 0 spiro atoms. The number of alkyl carbamates (subject to hydrolysis) is 1. The Labute approximate surface area is 268 Å². The third-order valence-corrected chi connectivity index (χ3v) is 12.6. The number of carbonyl (C=O) groups is 3. The van der Waals surface area contributed by atoms with Crippen molar-refractivity contribution in [1.29, 1.82) is 0 Å². The SMILES string of the molecule is CC(C)(C)[Si](C)(C)O[C@H](/C=C/C(=O)O)[C@H](CCc1ccccc1)NC(=O)[C@H](Cc1ccccc1)NC(=O)OCc1ccccc1. The lowest BCUT2D eigenvalue weighted by molar-refractivity contribution is -0.131. The normalized spacial score (nSPS) is 13.9. The summed E-state index contributed by atoms with van der Waals surface area (Å²) in [5.74, 6) is -1.52. The Morgan fingerprint density at radius 3 is 1.89 bits per heavy atom. The van der Waals surface area contributed by atoms with Crippen LogP contribution in [-0.2, 0) is 38.2 Å². The number of carboxylic acids is 1. The molecule has 0 aliphatic heterocycles. The smallest absolute Gasteiger partial charge is 0.408 e. The van der Waals surface area contributed by atoms with E-state index >= 15 is 0 Å². The molecule has 0 bridgehead atoms. The van der Waals surface area contributed by atoms with Crippen LogP contribution in [0.5, 0.6) is 0 Å². The molecule has 3 aromatic rings. The quantitative estimate of drug-likeness (QED) is 0.128. The van der Waals surface area contributed by atoms with Crippen LogP contribution in [0.15, 0.2) is 103 Å². The number of nitrogens with one attached hydrogen (secondary N) is 2. The monoisotopic (exact) mass is 630 g/mol. The topological polar surface area (TPSA) is 114 Å². The van der Waals surface area contributed by atoms with E-state index in [1.807, 2.05) is 91.0 Å². The van der Waals surface area contributed by atoms with Gasteiger partial charge in [-0.3, -0.25) is 4.79 Å². The molecular weight excluding hydrogens is 584 g/mol. The molecule has 3 N–H and O–H groups in total. The van der Waals surface area contributed by atoms with Gasteiger partial charge in [-0.05, 0) is 53.7 Å². The summed E-state index contributed by atoms with van der Waals surface area (Å²) in [6.45, 7) is 10.6. The Morgan fingerprint density at radius 2 is 1.36 bits per heavy atom. The number of benzene rings is 3. The second-order valence-electron chi connectivity index (χ2n) is 12.6. The molecule has 3 rings (SSSR count). The molecule has 240 valence electrons. The van der Waals surface area contributed by atoms with Crippen molar-refractivity contribution in [3.8, 4) is 0 Å². The third kappa shape index (κ3) is 12.0. The highest BCUT2D eigenvalue weighted by Crippen LogP contribution is 2.38. The summed E-state index contributed by atoms with van der Waals surface area (Å²) < 4.78 is 12.2. The summed E-state index contributed by atoms with van der Waals surface area (Å²) in [7, 11) is -2.40. The van der Waals surface area contributed by atoms with Gasteiger partial charge in [-0.2, -0.15) is 0 Å². The number of amides is 2. The predicted octanol–water partition coefficient (Wildman–Crippen LogP) is 6.67. The van der Waals surface area contributed by atoms with E-state index in [0.29, 0.717) is 12.8 Å². The maximum Gasteiger partial charge on any atom is 0.408 e. The van der Waals surface area contributed by atoms with E-state index in [-0.39, 0.29) is 18.1 Å². The van der Waals surface area contributed by atoms with Gasteiger partial charge in [-0.1, -0.05) is 112 Å². The van der Waals surface area contributed by atoms with E-state index in [2.05, 4.69) is 44.5 Å². The maximum absolute atomic E-state index is 14.0. The molecular formula is C36H46N2O6Si. The molecule has 0 unspecified atom stereocenters. The van der Waals surface area contributed by atoms with Crippen molar-refractivity contribution in [1.82, 2.24) is 10.6 Å². The van der Waals surface area contributed by atoms with Gasteiger partial charge in [0.05, 0.1) is 12.1 Å². The highest BCUT2D eigenvalue weighted by atomic mass is 28.4. The standard InChI is InChI=1S/C36H46N2O6Si/c1-36(2,3)45(4,5)44-32(23-24-33(39)40)30(22-21-27-15-9-6-10-16-27)37-34(41)31(25-28-17-11-7-12-18-28)38-35(42)43-26-29-19-13-8-14-20-29/h6-20,23-24,30-32H,21-22,25-26H2,1-5H3,(H,37,41)(H,38,42)(H,39,40)/b24-23+/t30-,31-,32+/m0/s1. The fourth-order valence-corrected chi connectivity index (χ4v) is 5.76. The van der Waals surface area contributed by atoms with Crippen LogP contribution in [0.3, 0.4) is 0 Å². The number of rotatable bonds is 15. The molecule has 45 heavy (non-hydrogen) atoms. The van der Waals surface area contributed by atoms with E-state index in [9.17, 15) is 19.5 Å². The second-order valence-corrected chi connectivity index (χ2v) is 17.4. The summed E-state index contributed by atoms with van der Waals surface area (Å²) in [4.78, 5) is 38.5. The third-order valence-electron chi connectivity index (χ3n) is 8.08. The molecule has 2 amide bonds. The Hall–Kier alpha value is -4.21. The van der Waals surface area contributed by atoms with Crippen molar-refractivity contribution in [3.63, 3.8) is 0 Å². The van der Waals surface area contributed by atoms with Gasteiger partial charge in [0.25, 0.3) is 0 Å². The number of aliphatic carboxylic acids is 1. The largest absolute Gasteiger partial charge is 0.478 e. The summed E-state index contributed by atoms with van der Waals surface area (Å²) in [6, 6.07) is 27.1. The Bertz CT molecular complexity index is 1390. The number of ether oxygens (including phenoxy) is 1. The lowest BCUT2D eigenvalue weighted by Crippen LogP contribution is -2.55. The number of carboxylic acid groups (broad SMARTS) is 1. The summed E-state index contributed by atoms with van der Waals surface area (Å²) in [5.41, 5.74) is 2.77. The first-order valence-corrected chi connectivity index (χ1v) is 18.2. The fourth-order valence-electron chi connectivity index (χ4n) is 4.48. The lowest BCUT2D eigenvalue weighted by atomic mass is 9.99. The molecule has 8 nitrogen and oxygen atoms in total. The number of hydrogen-bond acceptors (Lipinski definition) is 5. The summed E-state index contributed by atoms with van der Waals surface area (Å²) in [5, 5.41) is 15.2. The van der Waals surface area contributed by atoms with Crippen molar-refractivity contribution in [2.45, 2.75) is 83.0 Å². The van der Waals surface area contributed by atoms with Crippen molar-refractivity contribution >= 4 is 26.3 Å². The fraction of sp³-hybridized carbons (Fsp3) is 0.361. The van der Waals surface area contributed by atoms with Gasteiger partial charge in [0.15, 0.2) is 8.32 Å². The van der Waals surface area contributed by atoms with Crippen LogP contribution in [0.2, 0.25) is 18.1 Å². The van der Waals surface area contributed by atoms with Crippen LogP contribution >= 0.6 is 0 Å². The lowest BCUT2D eigenvalue weighted by Gasteiger charge is -2.41. The predicted molar refractivity (Wildman–Crippen MR) is 179 cm³/mol. The molecule has 0 aromatic heterocycles.